The van der Waals surface area contributed by atoms with E-state index in [2.05, 4.69) is 42.3 Å². The minimum atomic E-state index is -0.103. The summed E-state index contributed by atoms with van der Waals surface area (Å²) in [7, 11) is 1.58. The van der Waals surface area contributed by atoms with Crippen molar-refractivity contribution in [2.75, 3.05) is 18.2 Å². The predicted molar refractivity (Wildman–Crippen MR) is 105 cm³/mol. The number of nitrogens with one attached hydrogen (secondary N) is 1. The summed E-state index contributed by atoms with van der Waals surface area (Å²) in [5, 5.41) is 3.66. The summed E-state index contributed by atoms with van der Waals surface area (Å²) in [6.45, 7) is 4.17. The second kappa shape index (κ2) is 8.10. The zero-order valence-corrected chi connectivity index (χ0v) is 15.8. The molecule has 5 nitrogen and oxygen atoms in total. The highest BCUT2D eigenvalue weighted by Gasteiger charge is 2.11. The minimum absolute atomic E-state index is 0.103. The van der Waals surface area contributed by atoms with Crippen molar-refractivity contribution in [2.24, 2.45) is 0 Å². The second-order valence-corrected chi connectivity index (χ2v) is 6.83. The lowest BCUT2D eigenvalue weighted by Crippen LogP contribution is -2.15. The molecule has 1 N–H and O–H groups in total. The van der Waals surface area contributed by atoms with Crippen LogP contribution in [-0.2, 0) is 4.79 Å². The van der Waals surface area contributed by atoms with Crippen molar-refractivity contribution < 1.29 is 9.53 Å². The van der Waals surface area contributed by atoms with E-state index in [4.69, 9.17) is 4.74 Å². The number of amides is 1. The van der Waals surface area contributed by atoms with Crippen LogP contribution >= 0.6 is 11.8 Å². The van der Waals surface area contributed by atoms with Gasteiger partial charge in [-0.3, -0.25) is 9.36 Å². The van der Waals surface area contributed by atoms with Gasteiger partial charge in [-0.05, 0) is 49.2 Å². The highest BCUT2D eigenvalue weighted by molar-refractivity contribution is 7.99. The summed E-state index contributed by atoms with van der Waals surface area (Å²) in [5.41, 5.74) is 4.18. The number of aromatic nitrogens is 2. The fourth-order valence-corrected chi connectivity index (χ4v) is 3.31. The van der Waals surface area contributed by atoms with Crippen LogP contribution in [0.2, 0.25) is 0 Å². The zero-order valence-electron chi connectivity index (χ0n) is 15.0. The molecule has 3 aromatic rings. The number of thioether (sulfide) groups is 1. The molecule has 1 heterocycles. The lowest BCUT2D eigenvalue weighted by atomic mass is 10.1. The Kier molecular flexibility index (Phi) is 5.63. The van der Waals surface area contributed by atoms with Crippen LogP contribution in [0.5, 0.6) is 5.75 Å². The molecule has 134 valence electrons. The van der Waals surface area contributed by atoms with Gasteiger partial charge in [0.15, 0.2) is 5.16 Å². The number of rotatable bonds is 6. The van der Waals surface area contributed by atoms with E-state index in [1.54, 1.807) is 13.3 Å². The maximum atomic E-state index is 12.3. The molecule has 6 heteroatoms. The summed E-state index contributed by atoms with van der Waals surface area (Å²) in [6.07, 6.45) is 3.65. The first-order chi connectivity index (χ1) is 12.6. The fraction of sp³-hybridized carbons (Fsp3) is 0.200. The number of imidazole rings is 1. The largest absolute Gasteiger partial charge is 0.495 e. The Balaban J connectivity index is 1.68. The predicted octanol–water partition coefficient (Wildman–Crippen LogP) is 4.23. The number of benzene rings is 2. The summed E-state index contributed by atoms with van der Waals surface area (Å²) in [4.78, 5) is 16.7. The van der Waals surface area contributed by atoms with Gasteiger partial charge in [-0.25, -0.2) is 4.98 Å². The smallest absolute Gasteiger partial charge is 0.234 e. The molecule has 0 saturated heterocycles. The van der Waals surface area contributed by atoms with Gasteiger partial charge in [0, 0.05) is 18.1 Å². The van der Waals surface area contributed by atoms with Crippen LogP contribution in [0.25, 0.3) is 5.69 Å². The molecule has 0 bridgehead atoms. The third-order valence-corrected chi connectivity index (χ3v) is 5.06. The summed E-state index contributed by atoms with van der Waals surface area (Å²) in [5.74, 6) is 0.802. The van der Waals surface area contributed by atoms with Gasteiger partial charge in [-0.2, -0.15) is 0 Å². The maximum absolute atomic E-state index is 12.3. The topological polar surface area (TPSA) is 56.1 Å². The number of methoxy groups -OCH3 is 1. The molecule has 1 amide bonds. The van der Waals surface area contributed by atoms with E-state index in [0.29, 0.717) is 11.4 Å². The Morgan fingerprint density at radius 3 is 2.77 bits per heavy atom. The van der Waals surface area contributed by atoms with E-state index >= 15 is 0 Å². The molecular weight excluding hydrogens is 346 g/mol. The van der Waals surface area contributed by atoms with Crippen LogP contribution in [0.15, 0.2) is 60.0 Å². The monoisotopic (exact) mass is 367 g/mol. The number of carbonyl (C=O) groups is 1. The molecular formula is C20H21N3O2S. The second-order valence-electron chi connectivity index (χ2n) is 5.89. The number of aryl methyl sites for hydroxylation is 2. The number of carbonyl (C=O) groups excluding carboxylic acids is 1. The van der Waals surface area contributed by atoms with Crippen molar-refractivity contribution in [3.05, 3.63) is 66.0 Å². The lowest BCUT2D eigenvalue weighted by molar-refractivity contribution is -0.113. The van der Waals surface area contributed by atoms with Crippen molar-refractivity contribution in [3.63, 3.8) is 0 Å². The van der Waals surface area contributed by atoms with Crippen molar-refractivity contribution in [1.82, 2.24) is 9.55 Å². The molecule has 0 fully saturated rings. The molecule has 2 aromatic carbocycles. The van der Waals surface area contributed by atoms with Crippen LogP contribution in [0.4, 0.5) is 5.69 Å². The third-order valence-electron chi connectivity index (χ3n) is 4.09. The molecule has 1 aromatic heterocycles. The van der Waals surface area contributed by atoms with E-state index in [0.717, 1.165) is 10.8 Å². The average molecular weight is 367 g/mol. The first kappa shape index (κ1) is 18.1. The molecule has 0 saturated carbocycles. The Morgan fingerprint density at radius 1 is 1.19 bits per heavy atom. The number of para-hydroxylation sites is 2. The highest BCUT2D eigenvalue weighted by Crippen LogP contribution is 2.25. The molecule has 3 rings (SSSR count). The molecule has 26 heavy (non-hydrogen) atoms. The normalized spacial score (nSPS) is 10.6. The van der Waals surface area contributed by atoms with Gasteiger partial charge in [-0.1, -0.05) is 30.0 Å². The zero-order chi connectivity index (χ0) is 18.5. The number of hydrogen-bond acceptors (Lipinski definition) is 4. The van der Waals surface area contributed by atoms with Crippen LogP contribution in [0.3, 0.4) is 0 Å². The molecule has 0 aliphatic carbocycles. The van der Waals surface area contributed by atoms with Crippen molar-refractivity contribution >= 4 is 23.4 Å². The third kappa shape index (κ3) is 4.08. The molecule has 0 radical (unpaired) electrons. The number of ether oxygens (including phenoxy) is 1. The van der Waals surface area contributed by atoms with Gasteiger partial charge in [0.25, 0.3) is 0 Å². The SMILES string of the molecule is COc1ccccc1NC(=O)CSc1nccn1-c1ccc(C)c(C)c1. The summed E-state index contributed by atoms with van der Waals surface area (Å²) >= 11 is 1.40. The maximum Gasteiger partial charge on any atom is 0.234 e. The number of nitrogens with zero attached hydrogens (tertiary/aromatic N) is 2. The van der Waals surface area contributed by atoms with E-state index in [9.17, 15) is 4.79 Å². The van der Waals surface area contributed by atoms with E-state index in [1.807, 2.05) is 35.0 Å². The lowest BCUT2D eigenvalue weighted by Gasteiger charge is -2.11. The van der Waals surface area contributed by atoms with Gasteiger partial charge in [0.05, 0.1) is 18.6 Å². The number of hydrogen-bond donors (Lipinski definition) is 1. The van der Waals surface area contributed by atoms with Crippen molar-refractivity contribution in [2.45, 2.75) is 19.0 Å². The van der Waals surface area contributed by atoms with Crippen molar-refractivity contribution in [3.8, 4) is 11.4 Å². The van der Waals surface area contributed by atoms with Crippen LogP contribution < -0.4 is 10.1 Å². The summed E-state index contributed by atoms with van der Waals surface area (Å²) in [6, 6.07) is 13.6. The number of anilines is 1. The van der Waals surface area contributed by atoms with E-state index in [1.165, 1.54) is 22.9 Å². The first-order valence-corrected chi connectivity index (χ1v) is 9.23. The van der Waals surface area contributed by atoms with Crippen LogP contribution in [0, 0.1) is 13.8 Å². The van der Waals surface area contributed by atoms with E-state index in [-0.39, 0.29) is 11.7 Å². The van der Waals surface area contributed by atoms with Gasteiger partial charge in [0.1, 0.15) is 5.75 Å². The molecule has 0 aliphatic heterocycles. The Labute approximate surface area is 157 Å². The van der Waals surface area contributed by atoms with Crippen LogP contribution in [0.1, 0.15) is 11.1 Å². The molecule has 0 atom stereocenters. The minimum Gasteiger partial charge on any atom is -0.495 e. The quantitative estimate of drug-likeness (QED) is 0.663. The Hall–Kier alpha value is -2.73. The van der Waals surface area contributed by atoms with Crippen molar-refractivity contribution in [1.29, 1.82) is 0 Å². The van der Waals surface area contributed by atoms with Crippen LogP contribution in [-0.4, -0.2) is 28.3 Å². The van der Waals surface area contributed by atoms with Gasteiger partial charge in [-0.15, -0.1) is 0 Å². The Bertz CT molecular complexity index is 921. The van der Waals surface area contributed by atoms with E-state index < -0.39 is 0 Å². The molecule has 0 aliphatic rings. The van der Waals surface area contributed by atoms with Gasteiger partial charge < -0.3 is 10.1 Å². The van der Waals surface area contributed by atoms with Gasteiger partial charge in [0.2, 0.25) is 5.91 Å². The standard InChI is InChI=1S/C20H21N3O2S/c1-14-8-9-16(12-15(14)2)23-11-10-21-20(23)26-13-19(24)22-17-6-4-5-7-18(17)25-3/h4-12H,13H2,1-3H3,(H,22,24). The molecule has 0 spiro atoms. The summed E-state index contributed by atoms with van der Waals surface area (Å²) < 4.78 is 7.25. The highest BCUT2D eigenvalue weighted by atomic mass is 32.2. The van der Waals surface area contributed by atoms with Gasteiger partial charge >= 0.3 is 0 Å². The Morgan fingerprint density at radius 2 is 2.00 bits per heavy atom. The fourth-order valence-electron chi connectivity index (χ4n) is 2.53. The first-order valence-electron chi connectivity index (χ1n) is 8.25. The average Bonchev–Trinajstić information content (AvgIpc) is 3.11. The molecule has 0 unspecified atom stereocenters.